The first-order chi connectivity index (χ1) is 7.33. The Morgan fingerprint density at radius 2 is 2.07 bits per heavy atom. The molecule has 0 aromatic heterocycles. The summed E-state index contributed by atoms with van der Waals surface area (Å²) in [6, 6.07) is 9.48. The number of carbonyl (C=O) groups is 1. The van der Waals surface area contributed by atoms with E-state index in [2.05, 4.69) is 17.2 Å². The topological polar surface area (TPSA) is 29.1 Å². The molecule has 1 rings (SSSR count). The first-order valence-electron chi connectivity index (χ1n) is 5.07. The monoisotopic (exact) mass is 201 g/mol. The summed E-state index contributed by atoms with van der Waals surface area (Å²) in [7, 11) is 0. The Morgan fingerprint density at radius 1 is 1.33 bits per heavy atom. The predicted octanol–water partition coefficient (Wildman–Crippen LogP) is 2.82. The first-order valence-corrected chi connectivity index (χ1v) is 5.07. The number of hydrogen-bond donors (Lipinski definition) is 1. The van der Waals surface area contributed by atoms with Crippen LogP contribution >= 0.6 is 0 Å². The molecule has 0 spiro atoms. The maximum atomic E-state index is 11.4. The van der Waals surface area contributed by atoms with Gasteiger partial charge in [0.15, 0.2) is 0 Å². The van der Waals surface area contributed by atoms with Gasteiger partial charge in [-0.25, -0.2) is 0 Å². The molecule has 0 aliphatic carbocycles. The molecular formula is C13H15NO. The molecular weight excluding hydrogens is 186 g/mol. The fraction of sp³-hybridized carbons (Fsp3) is 0.308. The van der Waals surface area contributed by atoms with Crippen LogP contribution in [0.25, 0.3) is 0 Å². The average molecular weight is 201 g/mol. The minimum absolute atomic E-state index is 0.0547. The summed E-state index contributed by atoms with van der Waals surface area (Å²) in [5.41, 5.74) is 0.851. The van der Waals surface area contributed by atoms with Gasteiger partial charge in [-0.05, 0) is 25.5 Å². The van der Waals surface area contributed by atoms with Crippen molar-refractivity contribution in [2.24, 2.45) is 0 Å². The minimum atomic E-state index is 0.0547. The van der Waals surface area contributed by atoms with Gasteiger partial charge in [0.1, 0.15) is 0 Å². The van der Waals surface area contributed by atoms with E-state index in [1.54, 1.807) is 0 Å². The summed E-state index contributed by atoms with van der Waals surface area (Å²) in [6.07, 6.45) is 2.14. The number of unbranched alkanes of at least 4 members (excludes halogenated alkanes) is 1. The van der Waals surface area contributed by atoms with Crippen LogP contribution in [-0.4, -0.2) is 5.91 Å². The van der Waals surface area contributed by atoms with Gasteiger partial charge in [-0.1, -0.05) is 18.2 Å². The van der Waals surface area contributed by atoms with Gasteiger partial charge < -0.3 is 5.32 Å². The van der Waals surface area contributed by atoms with Crippen LogP contribution < -0.4 is 5.32 Å². The predicted molar refractivity (Wildman–Crippen MR) is 62.4 cm³/mol. The molecule has 0 unspecified atom stereocenters. The van der Waals surface area contributed by atoms with Crippen LogP contribution in [0.2, 0.25) is 0 Å². The highest BCUT2D eigenvalue weighted by Gasteiger charge is 2.00. The lowest BCUT2D eigenvalue weighted by molar-refractivity contribution is -0.116. The molecule has 0 bridgehead atoms. The molecule has 0 radical (unpaired) electrons. The molecule has 0 aliphatic heterocycles. The van der Waals surface area contributed by atoms with Crippen LogP contribution in [-0.2, 0) is 4.79 Å². The lowest BCUT2D eigenvalue weighted by Gasteiger charge is -2.03. The number of benzene rings is 1. The highest BCUT2D eigenvalue weighted by Crippen LogP contribution is 2.06. The first kappa shape index (κ1) is 11.3. The van der Waals surface area contributed by atoms with Crippen molar-refractivity contribution in [1.82, 2.24) is 0 Å². The number of para-hydroxylation sites is 1. The van der Waals surface area contributed by atoms with Gasteiger partial charge in [-0.15, -0.1) is 11.8 Å². The molecule has 1 aromatic rings. The number of amides is 1. The highest BCUT2D eigenvalue weighted by atomic mass is 16.1. The van der Waals surface area contributed by atoms with Crippen molar-refractivity contribution in [1.29, 1.82) is 0 Å². The normalized spacial score (nSPS) is 8.87. The zero-order chi connectivity index (χ0) is 10.9. The van der Waals surface area contributed by atoms with E-state index in [-0.39, 0.29) is 5.91 Å². The van der Waals surface area contributed by atoms with E-state index in [0.29, 0.717) is 6.42 Å². The van der Waals surface area contributed by atoms with Crippen LogP contribution in [0.5, 0.6) is 0 Å². The second-order valence-corrected chi connectivity index (χ2v) is 3.19. The van der Waals surface area contributed by atoms with Crippen molar-refractivity contribution in [3.63, 3.8) is 0 Å². The molecule has 1 amide bonds. The zero-order valence-corrected chi connectivity index (χ0v) is 8.92. The number of carbonyl (C=O) groups excluding carboxylic acids is 1. The smallest absolute Gasteiger partial charge is 0.224 e. The van der Waals surface area contributed by atoms with Crippen molar-refractivity contribution in [2.45, 2.75) is 26.2 Å². The van der Waals surface area contributed by atoms with Gasteiger partial charge >= 0.3 is 0 Å². The number of nitrogens with one attached hydrogen (secondary N) is 1. The fourth-order valence-electron chi connectivity index (χ4n) is 1.21. The molecule has 0 heterocycles. The minimum Gasteiger partial charge on any atom is -0.326 e. The van der Waals surface area contributed by atoms with Gasteiger partial charge in [0.2, 0.25) is 5.91 Å². The second-order valence-electron chi connectivity index (χ2n) is 3.19. The number of anilines is 1. The van der Waals surface area contributed by atoms with Gasteiger partial charge in [-0.2, -0.15) is 0 Å². The van der Waals surface area contributed by atoms with Crippen molar-refractivity contribution >= 4 is 11.6 Å². The van der Waals surface area contributed by atoms with Crippen molar-refractivity contribution in [3.8, 4) is 11.8 Å². The van der Waals surface area contributed by atoms with E-state index in [4.69, 9.17) is 0 Å². The Labute approximate surface area is 90.7 Å². The lowest BCUT2D eigenvalue weighted by atomic mass is 10.2. The van der Waals surface area contributed by atoms with E-state index >= 15 is 0 Å². The van der Waals surface area contributed by atoms with Crippen LogP contribution in [0, 0.1) is 11.8 Å². The standard InChI is InChI=1S/C13H15NO/c1-2-3-4-8-11-13(15)14-12-9-6-5-7-10-12/h5-7,9-10H,4,8,11H2,1H3,(H,14,15). The number of hydrogen-bond acceptors (Lipinski definition) is 1. The zero-order valence-electron chi connectivity index (χ0n) is 8.92. The molecule has 78 valence electrons. The second kappa shape index (κ2) is 6.67. The summed E-state index contributed by atoms with van der Waals surface area (Å²) < 4.78 is 0. The highest BCUT2D eigenvalue weighted by molar-refractivity contribution is 5.90. The Kier molecular flexibility index (Phi) is 5.03. The molecule has 0 saturated carbocycles. The summed E-state index contributed by atoms with van der Waals surface area (Å²) >= 11 is 0. The summed E-state index contributed by atoms with van der Waals surface area (Å²) in [5.74, 6) is 5.80. The van der Waals surface area contributed by atoms with Crippen molar-refractivity contribution in [2.75, 3.05) is 5.32 Å². The van der Waals surface area contributed by atoms with Gasteiger partial charge in [0, 0.05) is 18.5 Å². The summed E-state index contributed by atoms with van der Waals surface area (Å²) in [6.45, 7) is 1.81. The van der Waals surface area contributed by atoms with Gasteiger partial charge in [-0.3, -0.25) is 4.79 Å². The molecule has 0 aliphatic rings. The van der Waals surface area contributed by atoms with E-state index in [9.17, 15) is 4.79 Å². The largest absolute Gasteiger partial charge is 0.326 e. The van der Waals surface area contributed by atoms with Crippen LogP contribution in [0.4, 0.5) is 5.69 Å². The quantitative estimate of drug-likeness (QED) is 0.589. The molecule has 2 nitrogen and oxygen atoms in total. The molecule has 0 fully saturated rings. The lowest BCUT2D eigenvalue weighted by Crippen LogP contribution is -2.10. The van der Waals surface area contributed by atoms with Gasteiger partial charge in [0.25, 0.3) is 0 Å². The van der Waals surface area contributed by atoms with Crippen molar-refractivity contribution in [3.05, 3.63) is 30.3 Å². The Hall–Kier alpha value is -1.75. The van der Waals surface area contributed by atoms with E-state index < -0.39 is 0 Å². The fourth-order valence-corrected chi connectivity index (χ4v) is 1.21. The summed E-state index contributed by atoms with van der Waals surface area (Å²) in [4.78, 5) is 11.4. The van der Waals surface area contributed by atoms with E-state index in [1.165, 1.54) is 0 Å². The van der Waals surface area contributed by atoms with E-state index in [0.717, 1.165) is 18.5 Å². The molecule has 1 aromatic carbocycles. The Morgan fingerprint density at radius 3 is 2.73 bits per heavy atom. The maximum Gasteiger partial charge on any atom is 0.224 e. The third-order valence-corrected chi connectivity index (χ3v) is 1.94. The van der Waals surface area contributed by atoms with Gasteiger partial charge in [0.05, 0.1) is 0 Å². The van der Waals surface area contributed by atoms with Crippen LogP contribution in [0.15, 0.2) is 30.3 Å². The van der Waals surface area contributed by atoms with Crippen LogP contribution in [0.3, 0.4) is 0 Å². The third kappa shape index (κ3) is 4.87. The molecule has 15 heavy (non-hydrogen) atoms. The molecule has 0 atom stereocenters. The maximum absolute atomic E-state index is 11.4. The Bertz CT molecular complexity index is 359. The van der Waals surface area contributed by atoms with E-state index in [1.807, 2.05) is 37.3 Å². The average Bonchev–Trinajstić information content (AvgIpc) is 2.26. The SMILES string of the molecule is CC#CCCCC(=O)Nc1ccccc1. The Balaban J connectivity index is 2.27. The molecule has 1 N–H and O–H groups in total. The number of rotatable bonds is 4. The van der Waals surface area contributed by atoms with Crippen molar-refractivity contribution < 1.29 is 4.79 Å². The molecule has 0 saturated heterocycles. The van der Waals surface area contributed by atoms with Crippen LogP contribution in [0.1, 0.15) is 26.2 Å². The third-order valence-electron chi connectivity index (χ3n) is 1.94. The summed E-state index contributed by atoms with van der Waals surface area (Å²) in [5, 5.41) is 2.83. The molecule has 2 heteroatoms.